The van der Waals surface area contributed by atoms with Crippen molar-refractivity contribution < 1.29 is 9.53 Å². The molecule has 168 valence electrons. The van der Waals surface area contributed by atoms with Crippen LogP contribution in [0, 0.1) is 6.92 Å². The Balaban J connectivity index is 2.02. The van der Waals surface area contributed by atoms with Gasteiger partial charge in [0.05, 0.1) is 12.8 Å². The zero-order valence-corrected chi connectivity index (χ0v) is 18.8. The number of hydrogen-bond donors (Lipinski definition) is 3. The Morgan fingerprint density at radius 3 is 2.66 bits per heavy atom. The van der Waals surface area contributed by atoms with Crippen LogP contribution < -0.4 is 20.7 Å². The summed E-state index contributed by atoms with van der Waals surface area (Å²) >= 11 is 0. The van der Waals surface area contributed by atoms with Crippen LogP contribution >= 0.6 is 0 Å². The number of carbonyl (C=O) groups is 1. The van der Waals surface area contributed by atoms with Crippen molar-refractivity contribution in [1.29, 1.82) is 0 Å². The first kappa shape index (κ1) is 23.0. The summed E-state index contributed by atoms with van der Waals surface area (Å²) in [5.41, 5.74) is 3.06. The summed E-state index contributed by atoms with van der Waals surface area (Å²) in [4.78, 5) is 21.9. The molecule has 0 spiro atoms. The lowest BCUT2D eigenvalue weighted by Crippen LogP contribution is -2.40. The van der Waals surface area contributed by atoms with Gasteiger partial charge in [-0.25, -0.2) is 9.97 Å². The van der Waals surface area contributed by atoms with Crippen molar-refractivity contribution in [3.8, 4) is 17.1 Å². The Hall–Kier alpha value is -3.72. The van der Waals surface area contributed by atoms with Crippen LogP contribution in [-0.4, -0.2) is 58.8 Å². The number of allylic oxidation sites excluding steroid dienone is 2. The smallest absolute Gasteiger partial charge is 0.242 e. The lowest BCUT2D eigenvalue weighted by Gasteiger charge is -2.16. The van der Waals surface area contributed by atoms with Gasteiger partial charge in [0.15, 0.2) is 11.5 Å². The van der Waals surface area contributed by atoms with Gasteiger partial charge in [-0.2, -0.15) is 4.52 Å². The highest BCUT2D eigenvalue weighted by Gasteiger charge is 2.19. The number of hydrogen-bond acceptors (Lipinski definition) is 7. The molecule has 0 aliphatic carbocycles. The molecule has 2 aromatic heterocycles. The molecular weight excluding hydrogens is 406 g/mol. The number of aromatic nitrogens is 4. The van der Waals surface area contributed by atoms with E-state index in [-0.39, 0.29) is 5.91 Å². The minimum atomic E-state index is -0.509. The van der Waals surface area contributed by atoms with E-state index in [1.165, 1.54) is 0 Å². The van der Waals surface area contributed by atoms with Gasteiger partial charge in [-0.1, -0.05) is 18.7 Å². The Kier molecular flexibility index (Phi) is 7.56. The monoisotopic (exact) mass is 435 g/mol. The summed E-state index contributed by atoms with van der Waals surface area (Å²) in [6.45, 7) is 8.65. The van der Waals surface area contributed by atoms with Gasteiger partial charge in [-0.05, 0) is 51.2 Å². The van der Waals surface area contributed by atoms with Crippen molar-refractivity contribution in [3.63, 3.8) is 0 Å². The average molecular weight is 436 g/mol. The van der Waals surface area contributed by atoms with Crippen LogP contribution in [0.15, 0.2) is 43.0 Å². The molecule has 9 heteroatoms. The van der Waals surface area contributed by atoms with Crippen LogP contribution in [0.1, 0.15) is 18.2 Å². The maximum atomic E-state index is 12.4. The van der Waals surface area contributed by atoms with Gasteiger partial charge in [-0.15, -0.1) is 5.10 Å². The highest BCUT2D eigenvalue weighted by atomic mass is 16.5. The van der Waals surface area contributed by atoms with E-state index < -0.39 is 6.04 Å². The number of nitrogens with zero attached hydrogens (tertiary/aromatic N) is 4. The number of ether oxygens (including phenoxy) is 1. The zero-order valence-electron chi connectivity index (χ0n) is 18.8. The largest absolute Gasteiger partial charge is 0.497 e. The van der Waals surface area contributed by atoms with E-state index >= 15 is 0 Å². The molecule has 3 aromatic rings. The zero-order chi connectivity index (χ0) is 23.1. The number of anilines is 1. The molecule has 0 aliphatic heterocycles. The fourth-order valence-electron chi connectivity index (χ4n) is 3.10. The van der Waals surface area contributed by atoms with E-state index in [1.807, 2.05) is 50.4 Å². The van der Waals surface area contributed by atoms with E-state index in [0.717, 1.165) is 22.6 Å². The molecular formula is C23H29N7O2. The minimum Gasteiger partial charge on any atom is -0.497 e. The highest BCUT2D eigenvalue weighted by molar-refractivity contribution is 5.84. The number of methoxy groups -OCH3 is 1. The number of nitrogens with one attached hydrogen (secondary N) is 3. The molecule has 9 nitrogen and oxygen atoms in total. The maximum absolute atomic E-state index is 12.4. The SMILES string of the molecule is C=C/C=C\c1c(C)nc(N[C@H](C)C(=O)NCCNC)n2nc(-c3ccc(OC)cc3)nc12. The molecule has 1 amide bonds. The third kappa shape index (κ3) is 5.12. The fraction of sp³-hybridized carbons (Fsp3) is 0.304. The van der Waals surface area contributed by atoms with Gasteiger partial charge in [0.25, 0.3) is 0 Å². The Morgan fingerprint density at radius 1 is 1.25 bits per heavy atom. The molecule has 0 bridgehead atoms. The van der Waals surface area contributed by atoms with Gasteiger partial charge in [0.2, 0.25) is 11.9 Å². The first-order chi connectivity index (χ1) is 15.5. The van der Waals surface area contributed by atoms with E-state index in [2.05, 4.69) is 32.6 Å². The number of fused-ring (bicyclic) bond motifs is 1. The number of likely N-dealkylation sites (N-methyl/N-ethyl adjacent to an activating group) is 1. The number of amides is 1. The van der Waals surface area contributed by atoms with Crippen LogP contribution in [0.5, 0.6) is 5.75 Å². The topological polar surface area (TPSA) is 105 Å². The standard InChI is InChI=1S/C23H29N7O2/c1-6-7-8-19-15(2)26-23(27-16(3)22(31)25-14-13-24-4)30-21(19)28-20(29-30)17-9-11-18(32-5)12-10-17/h6-12,16,24H,1,13-14H2,2-5H3,(H,25,31)(H,26,27)/b8-7-/t16-/m1/s1. The van der Waals surface area contributed by atoms with E-state index in [1.54, 1.807) is 24.6 Å². The first-order valence-electron chi connectivity index (χ1n) is 10.4. The van der Waals surface area contributed by atoms with Crippen molar-refractivity contribution in [2.24, 2.45) is 0 Å². The number of rotatable bonds is 10. The molecule has 0 unspecified atom stereocenters. The van der Waals surface area contributed by atoms with Crippen LogP contribution in [0.25, 0.3) is 23.1 Å². The highest BCUT2D eigenvalue weighted by Crippen LogP contribution is 2.25. The molecule has 0 saturated carbocycles. The Bertz CT molecular complexity index is 1120. The third-order valence-electron chi connectivity index (χ3n) is 4.87. The average Bonchev–Trinajstić information content (AvgIpc) is 3.24. The second-order valence-electron chi connectivity index (χ2n) is 7.19. The van der Waals surface area contributed by atoms with E-state index in [4.69, 9.17) is 9.72 Å². The van der Waals surface area contributed by atoms with Gasteiger partial charge in [0.1, 0.15) is 11.8 Å². The fourth-order valence-corrected chi connectivity index (χ4v) is 3.10. The third-order valence-corrected chi connectivity index (χ3v) is 4.87. The molecule has 1 atom stereocenters. The van der Waals surface area contributed by atoms with Crippen LogP contribution in [0.2, 0.25) is 0 Å². The van der Waals surface area contributed by atoms with Crippen molar-refractivity contribution in [3.05, 3.63) is 54.3 Å². The van der Waals surface area contributed by atoms with Crippen molar-refractivity contribution in [1.82, 2.24) is 30.2 Å². The lowest BCUT2D eigenvalue weighted by atomic mass is 10.2. The summed E-state index contributed by atoms with van der Waals surface area (Å²) in [6, 6.07) is 7.01. The van der Waals surface area contributed by atoms with Crippen molar-refractivity contribution in [2.45, 2.75) is 19.9 Å². The quantitative estimate of drug-likeness (QED) is 0.332. The summed E-state index contributed by atoms with van der Waals surface area (Å²) < 4.78 is 6.87. The number of benzene rings is 1. The Morgan fingerprint density at radius 2 is 2.00 bits per heavy atom. The summed E-state index contributed by atoms with van der Waals surface area (Å²) in [5.74, 6) is 1.61. The van der Waals surface area contributed by atoms with Gasteiger partial charge in [0, 0.05) is 24.2 Å². The molecule has 0 aliphatic rings. The van der Waals surface area contributed by atoms with Crippen LogP contribution in [0.4, 0.5) is 5.95 Å². The number of aryl methyl sites for hydroxylation is 1. The normalized spacial score (nSPS) is 12.1. The van der Waals surface area contributed by atoms with Gasteiger partial charge >= 0.3 is 0 Å². The second-order valence-corrected chi connectivity index (χ2v) is 7.19. The molecule has 0 radical (unpaired) electrons. The molecule has 32 heavy (non-hydrogen) atoms. The van der Waals surface area contributed by atoms with E-state index in [9.17, 15) is 4.79 Å². The Labute approximate surface area is 187 Å². The van der Waals surface area contributed by atoms with Gasteiger partial charge < -0.3 is 20.7 Å². The summed E-state index contributed by atoms with van der Waals surface area (Å²) in [5, 5.41) is 13.7. The molecule has 2 heterocycles. The molecule has 0 saturated heterocycles. The number of carbonyl (C=O) groups excluding carboxylic acids is 1. The van der Waals surface area contributed by atoms with Crippen molar-refractivity contribution in [2.75, 3.05) is 32.6 Å². The molecule has 1 aromatic carbocycles. The minimum absolute atomic E-state index is 0.126. The lowest BCUT2D eigenvalue weighted by molar-refractivity contribution is -0.121. The first-order valence-corrected chi connectivity index (χ1v) is 10.4. The summed E-state index contributed by atoms with van der Waals surface area (Å²) in [7, 11) is 3.46. The predicted octanol–water partition coefficient (Wildman–Crippen LogP) is 2.44. The molecule has 3 rings (SSSR count). The van der Waals surface area contributed by atoms with Crippen LogP contribution in [0.3, 0.4) is 0 Å². The summed E-state index contributed by atoms with van der Waals surface area (Å²) in [6.07, 6.45) is 5.42. The second kappa shape index (κ2) is 10.5. The van der Waals surface area contributed by atoms with Gasteiger partial charge in [-0.3, -0.25) is 4.79 Å². The molecule has 3 N–H and O–H groups in total. The predicted molar refractivity (Wildman–Crippen MR) is 127 cm³/mol. The maximum Gasteiger partial charge on any atom is 0.242 e. The molecule has 0 fully saturated rings. The van der Waals surface area contributed by atoms with E-state index in [0.29, 0.717) is 30.5 Å². The van der Waals surface area contributed by atoms with Crippen molar-refractivity contribution >= 4 is 23.6 Å². The van der Waals surface area contributed by atoms with Crippen LogP contribution in [-0.2, 0) is 4.79 Å².